The number of hydrogen-bond donors (Lipinski definition) is 1. The average Bonchev–Trinajstić information content (AvgIpc) is 2.85. The molecule has 0 aliphatic carbocycles. The summed E-state index contributed by atoms with van der Waals surface area (Å²) in [7, 11) is 4.02. The van der Waals surface area contributed by atoms with Gasteiger partial charge in [0.15, 0.2) is 0 Å². The number of aliphatic hydroxyl groups excluding tert-OH is 1. The summed E-state index contributed by atoms with van der Waals surface area (Å²) in [6.07, 6.45) is 0. The highest BCUT2D eigenvalue weighted by atomic mass is 32.2. The molecule has 1 fully saturated rings. The number of nitrogens with zero attached hydrogens (tertiary/aromatic N) is 2. The Bertz CT molecular complexity index is 464. The zero-order valence-corrected chi connectivity index (χ0v) is 13.3. The van der Waals surface area contributed by atoms with Crippen molar-refractivity contribution in [1.82, 2.24) is 4.90 Å². The van der Waals surface area contributed by atoms with E-state index in [1.165, 1.54) is 0 Å². The maximum atomic E-state index is 12.0. The van der Waals surface area contributed by atoms with Crippen LogP contribution in [0.15, 0.2) is 24.3 Å². The smallest absolute Gasteiger partial charge is 0.233 e. The predicted octanol–water partition coefficient (Wildman–Crippen LogP) is 1.34. The normalized spacial score (nSPS) is 18.3. The SMILES string of the molecule is CN(C)c1ccc(C2SCC(=O)N2CCOCCO)cc1. The molecule has 21 heavy (non-hydrogen) atoms. The van der Waals surface area contributed by atoms with Crippen molar-refractivity contribution < 1.29 is 14.6 Å². The summed E-state index contributed by atoms with van der Waals surface area (Å²) >= 11 is 1.65. The van der Waals surface area contributed by atoms with Crippen molar-refractivity contribution >= 4 is 23.4 Å². The summed E-state index contributed by atoms with van der Waals surface area (Å²) in [6.45, 7) is 1.35. The minimum atomic E-state index is 0.0120. The molecule has 1 heterocycles. The molecule has 1 aromatic rings. The van der Waals surface area contributed by atoms with E-state index in [4.69, 9.17) is 9.84 Å². The van der Waals surface area contributed by atoms with Gasteiger partial charge in [-0.2, -0.15) is 0 Å². The van der Waals surface area contributed by atoms with Crippen molar-refractivity contribution in [1.29, 1.82) is 0 Å². The number of carbonyl (C=O) groups is 1. The lowest BCUT2D eigenvalue weighted by Gasteiger charge is -2.24. The molecule has 6 heteroatoms. The van der Waals surface area contributed by atoms with E-state index in [9.17, 15) is 4.79 Å². The van der Waals surface area contributed by atoms with Gasteiger partial charge in [0.2, 0.25) is 5.91 Å². The highest BCUT2D eigenvalue weighted by Crippen LogP contribution is 2.38. The van der Waals surface area contributed by atoms with Gasteiger partial charge in [0.1, 0.15) is 5.37 Å². The van der Waals surface area contributed by atoms with Crippen LogP contribution in [-0.2, 0) is 9.53 Å². The molecule has 0 spiro atoms. The third-order valence-electron chi connectivity index (χ3n) is 3.37. The molecule has 1 aliphatic rings. The Balaban J connectivity index is 2.01. The molecule has 2 rings (SSSR count). The van der Waals surface area contributed by atoms with Gasteiger partial charge in [-0.05, 0) is 17.7 Å². The van der Waals surface area contributed by atoms with Crippen molar-refractivity contribution in [3.05, 3.63) is 29.8 Å². The Morgan fingerprint density at radius 1 is 1.33 bits per heavy atom. The van der Waals surface area contributed by atoms with Gasteiger partial charge in [-0.3, -0.25) is 4.79 Å². The monoisotopic (exact) mass is 310 g/mol. The van der Waals surface area contributed by atoms with E-state index in [1.54, 1.807) is 11.8 Å². The fourth-order valence-corrected chi connectivity index (χ4v) is 3.46. The Morgan fingerprint density at radius 2 is 2.05 bits per heavy atom. The number of anilines is 1. The van der Waals surface area contributed by atoms with Gasteiger partial charge in [-0.1, -0.05) is 12.1 Å². The van der Waals surface area contributed by atoms with Crippen LogP contribution in [0.5, 0.6) is 0 Å². The van der Waals surface area contributed by atoms with Crippen LogP contribution >= 0.6 is 11.8 Å². The molecular weight excluding hydrogens is 288 g/mol. The highest BCUT2D eigenvalue weighted by molar-refractivity contribution is 8.00. The first-order valence-corrected chi connectivity index (χ1v) is 8.05. The lowest BCUT2D eigenvalue weighted by Crippen LogP contribution is -2.31. The number of rotatable bonds is 7. The number of amides is 1. The molecule has 0 aromatic heterocycles. The zero-order chi connectivity index (χ0) is 15.2. The lowest BCUT2D eigenvalue weighted by atomic mass is 10.2. The van der Waals surface area contributed by atoms with Crippen LogP contribution < -0.4 is 4.90 Å². The quantitative estimate of drug-likeness (QED) is 0.770. The molecule has 1 aliphatic heterocycles. The third kappa shape index (κ3) is 4.12. The van der Waals surface area contributed by atoms with Gasteiger partial charge in [-0.25, -0.2) is 0 Å². The van der Waals surface area contributed by atoms with Crippen molar-refractivity contribution in [2.45, 2.75) is 5.37 Å². The van der Waals surface area contributed by atoms with Crippen LogP contribution in [0.2, 0.25) is 0 Å². The molecule has 1 N–H and O–H groups in total. The highest BCUT2D eigenvalue weighted by Gasteiger charge is 2.32. The maximum absolute atomic E-state index is 12.0. The fourth-order valence-electron chi connectivity index (χ4n) is 2.24. The van der Waals surface area contributed by atoms with Crippen molar-refractivity contribution in [2.24, 2.45) is 0 Å². The molecule has 0 saturated carbocycles. The second kappa shape index (κ2) is 7.68. The van der Waals surface area contributed by atoms with Gasteiger partial charge in [0, 0.05) is 26.3 Å². The maximum Gasteiger partial charge on any atom is 0.233 e. The molecule has 1 amide bonds. The summed E-state index contributed by atoms with van der Waals surface area (Å²) < 4.78 is 5.27. The topological polar surface area (TPSA) is 53.0 Å². The van der Waals surface area contributed by atoms with E-state index < -0.39 is 0 Å². The Morgan fingerprint density at radius 3 is 2.67 bits per heavy atom. The van der Waals surface area contributed by atoms with E-state index >= 15 is 0 Å². The number of benzene rings is 1. The molecule has 1 atom stereocenters. The molecular formula is C15H22N2O3S. The molecule has 1 unspecified atom stereocenters. The minimum absolute atomic E-state index is 0.0120. The van der Waals surface area contributed by atoms with E-state index in [0.29, 0.717) is 25.5 Å². The van der Waals surface area contributed by atoms with Crippen LogP contribution in [0.1, 0.15) is 10.9 Å². The van der Waals surface area contributed by atoms with Crippen molar-refractivity contribution in [3.63, 3.8) is 0 Å². The van der Waals surface area contributed by atoms with E-state index in [2.05, 4.69) is 29.2 Å². The largest absolute Gasteiger partial charge is 0.394 e. The van der Waals surface area contributed by atoms with Crippen LogP contribution in [0, 0.1) is 0 Å². The van der Waals surface area contributed by atoms with Crippen LogP contribution in [0.25, 0.3) is 0 Å². The minimum Gasteiger partial charge on any atom is -0.394 e. The number of thioether (sulfide) groups is 1. The number of carbonyl (C=O) groups excluding carboxylic acids is 1. The molecule has 116 valence electrons. The van der Waals surface area contributed by atoms with Crippen LogP contribution in [0.3, 0.4) is 0 Å². The number of aliphatic hydroxyl groups is 1. The molecule has 1 saturated heterocycles. The third-order valence-corrected chi connectivity index (χ3v) is 4.63. The first-order chi connectivity index (χ1) is 10.1. The standard InChI is InChI=1S/C15H22N2O3S/c1-16(2)13-5-3-12(4-6-13)15-17(14(19)11-21-15)7-9-20-10-8-18/h3-6,15,18H,7-11H2,1-2H3. The molecule has 1 aromatic carbocycles. The van der Waals surface area contributed by atoms with Crippen LogP contribution in [-0.4, -0.2) is 62.1 Å². The Labute approximate surface area is 129 Å². The van der Waals surface area contributed by atoms with E-state index in [0.717, 1.165) is 11.3 Å². The lowest BCUT2D eigenvalue weighted by molar-refractivity contribution is -0.128. The first kappa shape index (κ1) is 16.1. The van der Waals surface area contributed by atoms with E-state index in [1.807, 2.05) is 19.0 Å². The van der Waals surface area contributed by atoms with Gasteiger partial charge in [0.05, 0.1) is 25.6 Å². The summed E-state index contributed by atoms with van der Waals surface area (Å²) in [4.78, 5) is 15.9. The van der Waals surface area contributed by atoms with Crippen molar-refractivity contribution in [2.75, 3.05) is 51.1 Å². The summed E-state index contributed by atoms with van der Waals surface area (Å²) in [5.41, 5.74) is 2.28. The van der Waals surface area contributed by atoms with Crippen molar-refractivity contribution in [3.8, 4) is 0 Å². The van der Waals surface area contributed by atoms with E-state index in [-0.39, 0.29) is 17.9 Å². The molecule has 5 nitrogen and oxygen atoms in total. The average molecular weight is 310 g/mol. The Kier molecular flexibility index (Phi) is 5.90. The zero-order valence-electron chi connectivity index (χ0n) is 12.5. The molecule has 0 bridgehead atoms. The van der Waals surface area contributed by atoms with Gasteiger partial charge in [-0.15, -0.1) is 11.8 Å². The number of ether oxygens (including phenoxy) is 1. The summed E-state index contributed by atoms with van der Waals surface area (Å²) in [5.74, 6) is 0.661. The van der Waals surface area contributed by atoms with Crippen LogP contribution in [0.4, 0.5) is 5.69 Å². The Hall–Kier alpha value is -1.24. The van der Waals surface area contributed by atoms with Gasteiger partial charge in [0.25, 0.3) is 0 Å². The van der Waals surface area contributed by atoms with Gasteiger partial charge >= 0.3 is 0 Å². The summed E-state index contributed by atoms with van der Waals surface area (Å²) in [5, 5.41) is 8.76. The number of hydrogen-bond acceptors (Lipinski definition) is 5. The molecule has 0 radical (unpaired) electrons. The summed E-state index contributed by atoms with van der Waals surface area (Å²) in [6, 6.07) is 8.29. The second-order valence-corrected chi connectivity index (χ2v) is 6.14. The fraction of sp³-hybridized carbons (Fsp3) is 0.533. The second-order valence-electron chi connectivity index (χ2n) is 5.07. The predicted molar refractivity (Wildman–Crippen MR) is 85.6 cm³/mol. The van der Waals surface area contributed by atoms with Gasteiger partial charge < -0.3 is 19.6 Å². The first-order valence-electron chi connectivity index (χ1n) is 7.00.